The van der Waals surface area contributed by atoms with E-state index in [1.54, 1.807) is 60.7 Å². The van der Waals surface area contributed by atoms with Crippen molar-refractivity contribution < 1.29 is 22.7 Å². The van der Waals surface area contributed by atoms with Crippen LogP contribution in [0.25, 0.3) is 0 Å². The fourth-order valence-corrected chi connectivity index (χ4v) is 6.81. The van der Waals surface area contributed by atoms with E-state index in [1.165, 1.54) is 24.1 Å². The van der Waals surface area contributed by atoms with Crippen LogP contribution >= 0.6 is 23.2 Å². The minimum atomic E-state index is -4.27. The highest BCUT2D eigenvalue weighted by molar-refractivity contribution is 7.92. The van der Waals surface area contributed by atoms with E-state index in [-0.39, 0.29) is 41.2 Å². The molecule has 0 saturated carbocycles. The third-order valence-corrected chi connectivity index (χ3v) is 9.95. The molecule has 4 rings (SSSR count). The Bertz CT molecular complexity index is 1740. The van der Waals surface area contributed by atoms with E-state index in [0.29, 0.717) is 22.0 Å². The number of hydrogen-bond acceptors (Lipinski definition) is 5. The molecule has 4 aromatic rings. The van der Waals surface area contributed by atoms with Gasteiger partial charge in [-0.1, -0.05) is 96.9 Å². The van der Waals surface area contributed by atoms with Gasteiger partial charge in [-0.25, -0.2) is 8.42 Å². The van der Waals surface area contributed by atoms with Crippen molar-refractivity contribution in [3.05, 3.63) is 124 Å². The summed E-state index contributed by atoms with van der Waals surface area (Å²) >= 11 is 12.7. The van der Waals surface area contributed by atoms with Crippen molar-refractivity contribution in [3.63, 3.8) is 0 Å². The molecule has 242 valence electrons. The average Bonchev–Trinajstić information content (AvgIpc) is 3.06. The largest absolute Gasteiger partial charge is 0.495 e. The molecular formula is C35H37Cl2N3O5S. The summed E-state index contributed by atoms with van der Waals surface area (Å²) < 4.78 is 34.9. The first kappa shape index (κ1) is 34.8. The maximum absolute atomic E-state index is 14.6. The number of methoxy groups -OCH3 is 1. The number of amides is 2. The molecule has 0 saturated heterocycles. The Morgan fingerprint density at radius 3 is 2.15 bits per heavy atom. The molecular weight excluding hydrogens is 645 g/mol. The maximum Gasteiger partial charge on any atom is 0.264 e. The van der Waals surface area contributed by atoms with Gasteiger partial charge < -0.3 is 15.0 Å². The summed E-state index contributed by atoms with van der Waals surface area (Å²) in [5.41, 5.74) is 1.55. The van der Waals surface area contributed by atoms with Crippen molar-refractivity contribution in [2.24, 2.45) is 0 Å². The van der Waals surface area contributed by atoms with Gasteiger partial charge in [0.05, 0.1) is 17.7 Å². The molecule has 1 N–H and O–H groups in total. The van der Waals surface area contributed by atoms with Gasteiger partial charge >= 0.3 is 0 Å². The van der Waals surface area contributed by atoms with E-state index >= 15 is 0 Å². The number of hydrogen-bond donors (Lipinski definition) is 1. The highest BCUT2D eigenvalue weighted by Crippen LogP contribution is 2.33. The van der Waals surface area contributed by atoms with Crippen LogP contribution in [0.1, 0.15) is 31.4 Å². The van der Waals surface area contributed by atoms with Gasteiger partial charge in [-0.3, -0.25) is 13.9 Å². The third-order valence-electron chi connectivity index (χ3n) is 7.59. The molecule has 0 fully saturated rings. The number of carbonyl (C=O) groups excluding carboxylic acids is 2. The highest BCUT2D eigenvalue weighted by Gasteiger charge is 2.36. The number of sulfonamides is 1. The summed E-state index contributed by atoms with van der Waals surface area (Å²) in [6, 6.07) is 27.5. The Morgan fingerprint density at radius 2 is 1.52 bits per heavy atom. The second-order valence-electron chi connectivity index (χ2n) is 10.8. The number of nitrogens with one attached hydrogen (secondary N) is 1. The zero-order valence-electron chi connectivity index (χ0n) is 25.9. The van der Waals surface area contributed by atoms with Crippen molar-refractivity contribution in [3.8, 4) is 5.75 Å². The monoisotopic (exact) mass is 681 g/mol. The fraction of sp³-hybridized carbons (Fsp3) is 0.257. The van der Waals surface area contributed by atoms with E-state index in [0.717, 1.165) is 9.87 Å². The Balaban J connectivity index is 1.85. The molecule has 11 heteroatoms. The minimum absolute atomic E-state index is 0.00338. The average molecular weight is 683 g/mol. The number of benzene rings is 4. The molecule has 2 unspecified atom stereocenters. The van der Waals surface area contributed by atoms with Crippen LogP contribution in [-0.2, 0) is 32.6 Å². The summed E-state index contributed by atoms with van der Waals surface area (Å²) in [5, 5.41) is 3.74. The number of nitrogens with zero attached hydrogens (tertiary/aromatic N) is 2. The van der Waals surface area contributed by atoms with Crippen LogP contribution < -0.4 is 14.4 Å². The predicted molar refractivity (Wildman–Crippen MR) is 183 cm³/mol. The molecule has 0 bridgehead atoms. The molecule has 0 radical (unpaired) electrons. The molecule has 0 aromatic heterocycles. The molecule has 0 heterocycles. The first-order valence-corrected chi connectivity index (χ1v) is 17.0. The number of ether oxygens (including phenoxy) is 1. The van der Waals surface area contributed by atoms with Gasteiger partial charge in [-0.15, -0.1) is 0 Å². The van der Waals surface area contributed by atoms with Gasteiger partial charge in [0.2, 0.25) is 11.8 Å². The molecule has 8 nitrogen and oxygen atoms in total. The van der Waals surface area contributed by atoms with Crippen LogP contribution in [-0.4, -0.2) is 50.9 Å². The molecule has 2 atom stereocenters. The molecule has 0 spiro atoms. The van der Waals surface area contributed by atoms with Gasteiger partial charge in [-0.2, -0.15) is 0 Å². The van der Waals surface area contributed by atoms with Crippen molar-refractivity contribution in [2.75, 3.05) is 18.0 Å². The maximum atomic E-state index is 14.6. The zero-order valence-corrected chi connectivity index (χ0v) is 28.2. The number of rotatable bonds is 14. The molecule has 46 heavy (non-hydrogen) atoms. The smallest absolute Gasteiger partial charge is 0.264 e. The molecule has 4 aromatic carbocycles. The van der Waals surface area contributed by atoms with Crippen LogP contribution in [0.3, 0.4) is 0 Å². The van der Waals surface area contributed by atoms with Crippen molar-refractivity contribution in [1.82, 2.24) is 10.2 Å². The van der Waals surface area contributed by atoms with Crippen LogP contribution in [0.15, 0.2) is 108 Å². The van der Waals surface area contributed by atoms with E-state index in [9.17, 15) is 18.0 Å². The lowest BCUT2D eigenvalue weighted by molar-refractivity contribution is -0.140. The summed E-state index contributed by atoms with van der Waals surface area (Å²) in [6.45, 7) is 3.14. The summed E-state index contributed by atoms with van der Waals surface area (Å²) in [7, 11) is -2.84. The van der Waals surface area contributed by atoms with E-state index in [1.807, 2.05) is 44.2 Å². The lowest BCUT2D eigenvalue weighted by Crippen LogP contribution is -2.54. The standard InChI is InChI=1S/C35H37Cl2N3O5S/c1-4-25(2)38-35(42)32(21-26-13-7-5-8-14-26)39(23-27-19-20-28(36)22-30(27)37)34(41)24-40(31-17-11-12-18-33(31)45-3)46(43,44)29-15-9-6-10-16-29/h5-20,22,25,32H,4,21,23-24H2,1-3H3,(H,38,42). The SMILES string of the molecule is CCC(C)NC(=O)C(Cc1ccccc1)N(Cc1ccc(Cl)cc1Cl)C(=O)CN(c1ccccc1OC)S(=O)(=O)c1ccccc1. The van der Waals surface area contributed by atoms with E-state index in [4.69, 9.17) is 27.9 Å². The number of halogens is 2. The molecule has 0 aliphatic carbocycles. The quantitative estimate of drug-likeness (QED) is 0.159. The normalized spacial score (nSPS) is 12.5. The van der Waals surface area contributed by atoms with E-state index < -0.39 is 28.5 Å². The van der Waals surface area contributed by atoms with Gasteiger partial charge in [0.1, 0.15) is 18.3 Å². The van der Waals surface area contributed by atoms with Crippen molar-refractivity contribution in [1.29, 1.82) is 0 Å². The topological polar surface area (TPSA) is 96.0 Å². The Labute approximate surface area is 280 Å². The Kier molecular flexibility index (Phi) is 12.1. The van der Waals surface area contributed by atoms with Crippen LogP contribution in [0, 0.1) is 0 Å². The predicted octanol–water partition coefficient (Wildman–Crippen LogP) is 6.75. The lowest BCUT2D eigenvalue weighted by atomic mass is 10.0. The second-order valence-corrected chi connectivity index (χ2v) is 13.5. The first-order chi connectivity index (χ1) is 22.0. The molecule has 2 amide bonds. The minimum Gasteiger partial charge on any atom is -0.495 e. The Morgan fingerprint density at radius 1 is 0.891 bits per heavy atom. The number of anilines is 1. The summed E-state index contributed by atoms with van der Waals surface area (Å²) in [5.74, 6) is -0.722. The van der Waals surface area contributed by atoms with Gasteiger partial charge in [0.15, 0.2) is 0 Å². The van der Waals surface area contributed by atoms with Gasteiger partial charge in [0, 0.05) is 29.1 Å². The highest BCUT2D eigenvalue weighted by atomic mass is 35.5. The number of para-hydroxylation sites is 2. The van der Waals surface area contributed by atoms with Crippen LogP contribution in [0.5, 0.6) is 5.75 Å². The van der Waals surface area contributed by atoms with Gasteiger partial charge in [-0.05, 0) is 60.9 Å². The van der Waals surface area contributed by atoms with Crippen molar-refractivity contribution in [2.45, 2.75) is 50.2 Å². The Hall–Kier alpha value is -4.05. The lowest BCUT2D eigenvalue weighted by Gasteiger charge is -2.34. The van der Waals surface area contributed by atoms with Crippen LogP contribution in [0.2, 0.25) is 10.0 Å². The third kappa shape index (κ3) is 8.60. The second kappa shape index (κ2) is 16.0. The number of carbonyl (C=O) groups is 2. The van der Waals surface area contributed by atoms with Gasteiger partial charge in [0.25, 0.3) is 10.0 Å². The van der Waals surface area contributed by atoms with Crippen LogP contribution in [0.4, 0.5) is 5.69 Å². The first-order valence-electron chi connectivity index (χ1n) is 14.8. The van der Waals surface area contributed by atoms with Crippen molar-refractivity contribution >= 4 is 50.7 Å². The summed E-state index contributed by atoms with van der Waals surface area (Å²) in [4.78, 5) is 30.0. The molecule has 0 aliphatic heterocycles. The molecule has 0 aliphatic rings. The van der Waals surface area contributed by atoms with E-state index in [2.05, 4.69) is 5.32 Å². The zero-order chi connectivity index (χ0) is 33.3. The fourth-order valence-electron chi connectivity index (χ4n) is 4.90. The summed E-state index contributed by atoms with van der Waals surface area (Å²) in [6.07, 6.45) is 0.859.